The molecule has 0 aliphatic heterocycles. The maximum atomic E-state index is 12.1. The number of hydrogen-bond donors (Lipinski definition) is 3. The van der Waals surface area contributed by atoms with Crippen LogP contribution in [0.5, 0.6) is 0 Å². The summed E-state index contributed by atoms with van der Waals surface area (Å²) in [5, 5.41) is 8.42. The van der Waals surface area contributed by atoms with E-state index in [1.807, 2.05) is 12.3 Å². The van der Waals surface area contributed by atoms with Gasteiger partial charge in [-0.3, -0.25) is 0 Å². The van der Waals surface area contributed by atoms with Crippen LogP contribution in [0.4, 0.5) is 4.79 Å². The van der Waals surface area contributed by atoms with E-state index in [1.165, 1.54) is 11.3 Å². The molecule has 1 aliphatic carbocycles. The molecule has 2 rings (SSSR count). The van der Waals surface area contributed by atoms with Crippen LogP contribution in [0.2, 0.25) is 0 Å². The van der Waals surface area contributed by atoms with Gasteiger partial charge in [-0.2, -0.15) is 0 Å². The van der Waals surface area contributed by atoms with Crippen LogP contribution in [0.25, 0.3) is 0 Å². The number of thiazole rings is 1. The second-order valence-corrected chi connectivity index (χ2v) is 8.30. The molecule has 0 bridgehead atoms. The number of sulfonamides is 1. The Kier molecular flexibility index (Phi) is 5.76. The Morgan fingerprint density at radius 2 is 2.05 bits per heavy atom. The molecule has 1 fully saturated rings. The Balaban J connectivity index is 1.90. The number of carbonyl (C=O) groups excluding carboxylic acids is 1. The Morgan fingerprint density at radius 1 is 1.36 bits per heavy atom. The molecule has 1 aromatic rings. The van der Waals surface area contributed by atoms with Crippen LogP contribution < -0.4 is 15.4 Å². The maximum absolute atomic E-state index is 12.1. The highest BCUT2D eigenvalue weighted by molar-refractivity contribution is 7.88. The lowest BCUT2D eigenvalue weighted by Gasteiger charge is -2.32. The highest BCUT2D eigenvalue weighted by Gasteiger charge is 2.29. The van der Waals surface area contributed by atoms with Crippen LogP contribution in [0.15, 0.2) is 11.6 Å². The molecule has 0 aromatic carbocycles. The first-order valence-corrected chi connectivity index (χ1v) is 10.1. The summed E-state index contributed by atoms with van der Waals surface area (Å²) in [7, 11) is -3.28. The van der Waals surface area contributed by atoms with Gasteiger partial charge in [-0.15, -0.1) is 11.3 Å². The van der Waals surface area contributed by atoms with Crippen molar-refractivity contribution in [1.82, 2.24) is 20.3 Å². The van der Waals surface area contributed by atoms with Crippen LogP contribution >= 0.6 is 11.3 Å². The first-order chi connectivity index (χ1) is 10.3. The summed E-state index contributed by atoms with van der Waals surface area (Å²) in [6.07, 6.45) is 6.29. The minimum absolute atomic E-state index is 0.176. The van der Waals surface area contributed by atoms with Crippen molar-refractivity contribution in [3.05, 3.63) is 16.6 Å². The van der Waals surface area contributed by atoms with Crippen LogP contribution in [0, 0.1) is 0 Å². The number of urea groups is 1. The van der Waals surface area contributed by atoms with Gasteiger partial charge in [-0.05, 0) is 19.8 Å². The van der Waals surface area contributed by atoms with Crippen molar-refractivity contribution in [3.63, 3.8) is 0 Å². The standard InChI is InChI=1S/C13H22N4O3S2/c1-9(12-14-7-8-21-12)15-13(18)16-10-5-3-4-6-11(10)17-22(2,19)20/h7-11,17H,3-6H2,1-2H3,(H2,15,16,18)/t9-,10-,11-/m0/s1. The van der Waals surface area contributed by atoms with Crippen LogP contribution in [-0.4, -0.2) is 37.8 Å². The maximum Gasteiger partial charge on any atom is 0.315 e. The molecule has 0 spiro atoms. The number of rotatable bonds is 5. The summed E-state index contributed by atoms with van der Waals surface area (Å²) in [6.45, 7) is 1.87. The summed E-state index contributed by atoms with van der Waals surface area (Å²) >= 11 is 1.48. The first kappa shape index (κ1) is 17.2. The first-order valence-electron chi connectivity index (χ1n) is 7.29. The molecule has 0 unspecified atom stereocenters. The third-order valence-electron chi connectivity index (χ3n) is 3.62. The van der Waals surface area contributed by atoms with Crippen molar-refractivity contribution in [3.8, 4) is 0 Å². The summed E-state index contributed by atoms with van der Waals surface area (Å²) in [5.74, 6) is 0. The molecule has 124 valence electrons. The van der Waals surface area contributed by atoms with Crippen molar-refractivity contribution in [2.75, 3.05) is 6.26 Å². The van der Waals surface area contributed by atoms with E-state index >= 15 is 0 Å². The molecule has 22 heavy (non-hydrogen) atoms. The summed E-state index contributed by atoms with van der Waals surface area (Å²) in [4.78, 5) is 16.3. The highest BCUT2D eigenvalue weighted by Crippen LogP contribution is 2.20. The fourth-order valence-corrected chi connectivity index (χ4v) is 4.11. The molecule has 2 amide bonds. The quantitative estimate of drug-likeness (QED) is 0.749. The SMILES string of the molecule is C[C@H](NC(=O)N[C@H]1CCCC[C@@H]1NS(C)(=O)=O)c1nccs1. The van der Waals surface area contributed by atoms with E-state index in [-0.39, 0.29) is 24.2 Å². The molecule has 1 aromatic heterocycles. The summed E-state index contributed by atoms with van der Waals surface area (Å²) in [5.41, 5.74) is 0. The second kappa shape index (κ2) is 7.38. The fraction of sp³-hybridized carbons (Fsp3) is 0.692. The van der Waals surface area contributed by atoms with E-state index in [1.54, 1.807) is 6.20 Å². The van der Waals surface area contributed by atoms with Crippen molar-refractivity contribution < 1.29 is 13.2 Å². The van der Waals surface area contributed by atoms with Gasteiger partial charge >= 0.3 is 6.03 Å². The lowest BCUT2D eigenvalue weighted by atomic mass is 9.91. The van der Waals surface area contributed by atoms with E-state index in [0.717, 1.165) is 36.9 Å². The van der Waals surface area contributed by atoms with E-state index < -0.39 is 10.0 Å². The van der Waals surface area contributed by atoms with Gasteiger partial charge in [0.15, 0.2) is 0 Å². The zero-order chi connectivity index (χ0) is 16.2. The predicted octanol–water partition coefficient (Wildman–Crippen LogP) is 1.36. The Hall–Kier alpha value is -1.19. The van der Waals surface area contributed by atoms with E-state index in [2.05, 4.69) is 20.3 Å². The fourth-order valence-electron chi connectivity index (χ4n) is 2.64. The van der Waals surface area contributed by atoms with Crippen molar-refractivity contribution in [2.45, 2.75) is 50.7 Å². The Bertz CT molecular complexity index is 588. The molecule has 1 heterocycles. The molecule has 0 saturated heterocycles. The van der Waals surface area contributed by atoms with Crippen molar-refractivity contribution >= 4 is 27.4 Å². The molecule has 9 heteroatoms. The molecule has 3 atom stereocenters. The zero-order valence-electron chi connectivity index (χ0n) is 12.7. The van der Waals surface area contributed by atoms with Crippen molar-refractivity contribution in [1.29, 1.82) is 0 Å². The lowest BCUT2D eigenvalue weighted by molar-refractivity contribution is 0.224. The zero-order valence-corrected chi connectivity index (χ0v) is 14.3. The topological polar surface area (TPSA) is 100 Å². The number of hydrogen-bond acceptors (Lipinski definition) is 5. The minimum Gasteiger partial charge on any atom is -0.334 e. The highest BCUT2D eigenvalue weighted by atomic mass is 32.2. The molecule has 0 radical (unpaired) electrons. The van der Waals surface area contributed by atoms with Gasteiger partial charge in [-0.25, -0.2) is 22.9 Å². The normalized spacial score (nSPS) is 23.7. The molecular formula is C13H22N4O3S2. The Labute approximate surface area is 135 Å². The van der Waals surface area contributed by atoms with Gasteiger partial charge < -0.3 is 10.6 Å². The Morgan fingerprint density at radius 3 is 2.64 bits per heavy atom. The van der Waals surface area contributed by atoms with Crippen LogP contribution in [0.3, 0.4) is 0 Å². The molecular weight excluding hydrogens is 324 g/mol. The molecule has 1 saturated carbocycles. The molecule has 3 N–H and O–H groups in total. The second-order valence-electron chi connectivity index (χ2n) is 5.60. The largest absolute Gasteiger partial charge is 0.334 e. The number of aromatic nitrogens is 1. The van der Waals surface area contributed by atoms with Gasteiger partial charge in [0, 0.05) is 23.7 Å². The van der Waals surface area contributed by atoms with Gasteiger partial charge in [0.1, 0.15) is 5.01 Å². The smallest absolute Gasteiger partial charge is 0.315 e. The van der Waals surface area contributed by atoms with Gasteiger partial charge in [0.2, 0.25) is 10.0 Å². The lowest BCUT2D eigenvalue weighted by Crippen LogP contribution is -2.55. The predicted molar refractivity (Wildman–Crippen MR) is 86.2 cm³/mol. The van der Waals surface area contributed by atoms with Crippen LogP contribution in [-0.2, 0) is 10.0 Å². The molecule has 1 aliphatic rings. The van der Waals surface area contributed by atoms with Gasteiger partial charge in [0.05, 0.1) is 12.3 Å². The van der Waals surface area contributed by atoms with Gasteiger partial charge in [0.25, 0.3) is 0 Å². The number of nitrogens with one attached hydrogen (secondary N) is 3. The summed E-state index contributed by atoms with van der Waals surface area (Å²) in [6, 6.07) is -0.906. The van der Waals surface area contributed by atoms with Crippen LogP contribution in [0.1, 0.15) is 43.7 Å². The molecule has 7 nitrogen and oxygen atoms in total. The third-order valence-corrected chi connectivity index (χ3v) is 5.31. The van der Waals surface area contributed by atoms with Crippen molar-refractivity contribution in [2.24, 2.45) is 0 Å². The summed E-state index contributed by atoms with van der Waals surface area (Å²) < 4.78 is 25.4. The number of amides is 2. The average Bonchev–Trinajstić information content (AvgIpc) is 2.93. The average molecular weight is 346 g/mol. The number of carbonyl (C=O) groups is 1. The minimum atomic E-state index is -3.28. The number of nitrogens with zero attached hydrogens (tertiary/aromatic N) is 1. The van der Waals surface area contributed by atoms with E-state index in [4.69, 9.17) is 0 Å². The van der Waals surface area contributed by atoms with E-state index in [9.17, 15) is 13.2 Å². The third kappa shape index (κ3) is 5.22. The monoisotopic (exact) mass is 346 g/mol. The van der Waals surface area contributed by atoms with E-state index in [0.29, 0.717) is 0 Å². The van der Waals surface area contributed by atoms with Gasteiger partial charge in [-0.1, -0.05) is 12.8 Å².